The van der Waals surface area contributed by atoms with E-state index >= 15 is 0 Å². The summed E-state index contributed by atoms with van der Waals surface area (Å²) in [6, 6.07) is 0.658. The van der Waals surface area contributed by atoms with E-state index in [1.165, 1.54) is 12.7 Å². The molecule has 0 saturated carbocycles. The second-order valence-electron chi connectivity index (χ2n) is 4.68. The first-order chi connectivity index (χ1) is 8.63. The fraction of sp³-hybridized carbons (Fsp3) is 0.667. The second kappa shape index (κ2) is 5.84. The lowest BCUT2D eigenvalue weighted by molar-refractivity contribution is 0.192. The third-order valence-electron chi connectivity index (χ3n) is 3.63. The fourth-order valence-corrected chi connectivity index (χ4v) is 2.68. The van der Waals surface area contributed by atoms with Crippen LogP contribution in [0.1, 0.15) is 20.3 Å². The number of piperazine rings is 1. The molecule has 0 bridgehead atoms. The Kier molecular flexibility index (Phi) is 4.40. The Morgan fingerprint density at radius 2 is 2.00 bits per heavy atom. The maximum absolute atomic E-state index is 5.79. The van der Waals surface area contributed by atoms with Crippen LogP contribution in [0, 0.1) is 0 Å². The fourth-order valence-electron chi connectivity index (χ4n) is 2.23. The van der Waals surface area contributed by atoms with E-state index in [-0.39, 0.29) is 0 Å². The summed E-state index contributed by atoms with van der Waals surface area (Å²) in [7, 11) is 0. The summed E-state index contributed by atoms with van der Waals surface area (Å²) in [4.78, 5) is 13.1. The van der Waals surface area contributed by atoms with Crippen LogP contribution in [0.5, 0.6) is 0 Å². The number of halogens is 1. The smallest absolute Gasteiger partial charge is 0.148 e. The van der Waals surface area contributed by atoms with Crippen molar-refractivity contribution < 1.29 is 0 Å². The Morgan fingerprint density at radius 1 is 1.33 bits per heavy atom. The summed E-state index contributed by atoms with van der Waals surface area (Å²) >= 11 is 3.47. The normalized spacial score (nSPS) is 18.9. The van der Waals surface area contributed by atoms with Crippen molar-refractivity contribution in [1.82, 2.24) is 14.9 Å². The zero-order chi connectivity index (χ0) is 13.1. The number of anilines is 2. The minimum atomic E-state index is 0.504. The van der Waals surface area contributed by atoms with Gasteiger partial charge in [0.15, 0.2) is 0 Å². The summed E-state index contributed by atoms with van der Waals surface area (Å²) in [6.07, 6.45) is 2.72. The molecule has 2 heterocycles. The monoisotopic (exact) mass is 313 g/mol. The molecule has 1 atom stereocenters. The lowest BCUT2D eigenvalue weighted by Gasteiger charge is -2.38. The maximum atomic E-state index is 5.79. The van der Waals surface area contributed by atoms with Crippen LogP contribution in [0.15, 0.2) is 10.8 Å². The first-order valence-electron chi connectivity index (χ1n) is 6.38. The highest BCUT2D eigenvalue weighted by Gasteiger charge is 2.22. The summed E-state index contributed by atoms with van der Waals surface area (Å²) in [6.45, 7) is 8.64. The lowest BCUT2D eigenvalue weighted by atomic mass is 10.2. The average Bonchev–Trinajstić information content (AvgIpc) is 2.41. The molecular weight excluding hydrogens is 294 g/mol. The molecule has 0 amide bonds. The molecule has 1 aromatic rings. The van der Waals surface area contributed by atoms with Gasteiger partial charge in [-0.15, -0.1) is 0 Å². The van der Waals surface area contributed by atoms with Crippen LogP contribution in [0.4, 0.5) is 11.6 Å². The van der Waals surface area contributed by atoms with E-state index < -0.39 is 0 Å². The highest BCUT2D eigenvalue weighted by Crippen LogP contribution is 2.28. The maximum Gasteiger partial charge on any atom is 0.148 e. The Balaban J connectivity index is 2.03. The van der Waals surface area contributed by atoms with Gasteiger partial charge < -0.3 is 10.6 Å². The van der Waals surface area contributed by atoms with Gasteiger partial charge in [-0.05, 0) is 29.3 Å². The highest BCUT2D eigenvalue weighted by atomic mass is 79.9. The molecule has 100 valence electrons. The number of rotatable bonds is 3. The SMILES string of the molecule is CCC(C)N1CCN(c2ncnc(N)c2Br)CC1. The third-order valence-corrected chi connectivity index (χ3v) is 4.39. The van der Waals surface area contributed by atoms with Crippen LogP contribution in [-0.2, 0) is 0 Å². The molecule has 2 rings (SSSR count). The molecule has 1 unspecified atom stereocenters. The van der Waals surface area contributed by atoms with E-state index in [0.29, 0.717) is 11.9 Å². The number of aromatic nitrogens is 2. The highest BCUT2D eigenvalue weighted by molar-refractivity contribution is 9.10. The van der Waals surface area contributed by atoms with Gasteiger partial charge in [-0.3, -0.25) is 4.90 Å². The van der Waals surface area contributed by atoms with Gasteiger partial charge in [-0.25, -0.2) is 9.97 Å². The van der Waals surface area contributed by atoms with Crippen molar-refractivity contribution in [3.63, 3.8) is 0 Å². The average molecular weight is 314 g/mol. The molecule has 0 aliphatic carbocycles. The van der Waals surface area contributed by atoms with Gasteiger partial charge in [-0.2, -0.15) is 0 Å². The lowest BCUT2D eigenvalue weighted by Crippen LogP contribution is -2.49. The molecule has 1 fully saturated rings. The van der Waals surface area contributed by atoms with Crippen LogP contribution in [-0.4, -0.2) is 47.1 Å². The van der Waals surface area contributed by atoms with E-state index in [2.05, 4.69) is 49.5 Å². The van der Waals surface area contributed by atoms with Crippen molar-refractivity contribution in [2.24, 2.45) is 0 Å². The number of hydrogen-bond donors (Lipinski definition) is 1. The summed E-state index contributed by atoms with van der Waals surface area (Å²) < 4.78 is 0.807. The topological polar surface area (TPSA) is 58.3 Å². The first kappa shape index (κ1) is 13.5. The quantitative estimate of drug-likeness (QED) is 0.921. The molecular formula is C12H20BrN5. The number of nitrogens with zero attached hydrogens (tertiary/aromatic N) is 4. The van der Waals surface area contributed by atoms with Gasteiger partial charge in [0.25, 0.3) is 0 Å². The molecule has 1 aliphatic heterocycles. The summed E-state index contributed by atoms with van der Waals surface area (Å²) in [5, 5.41) is 0. The van der Waals surface area contributed by atoms with Gasteiger partial charge in [0, 0.05) is 32.2 Å². The third kappa shape index (κ3) is 2.75. The molecule has 6 heteroatoms. The molecule has 0 aromatic carbocycles. The minimum absolute atomic E-state index is 0.504. The van der Waals surface area contributed by atoms with E-state index in [9.17, 15) is 0 Å². The molecule has 1 aromatic heterocycles. The van der Waals surface area contributed by atoms with Crippen LogP contribution in [0.3, 0.4) is 0 Å². The molecule has 18 heavy (non-hydrogen) atoms. The van der Waals surface area contributed by atoms with Crippen molar-refractivity contribution in [2.75, 3.05) is 36.8 Å². The zero-order valence-electron chi connectivity index (χ0n) is 10.9. The molecule has 0 spiro atoms. The Labute approximate surface area is 117 Å². The Bertz CT molecular complexity index is 403. The Hall–Kier alpha value is -0.880. The largest absolute Gasteiger partial charge is 0.383 e. The molecule has 0 radical (unpaired) electrons. The first-order valence-corrected chi connectivity index (χ1v) is 7.17. The van der Waals surface area contributed by atoms with Gasteiger partial charge in [0.2, 0.25) is 0 Å². The molecule has 1 aliphatic rings. The number of nitrogen functional groups attached to an aromatic ring is 1. The van der Waals surface area contributed by atoms with Crippen LogP contribution in [0.25, 0.3) is 0 Å². The summed E-state index contributed by atoms with van der Waals surface area (Å²) in [5.41, 5.74) is 5.79. The van der Waals surface area contributed by atoms with E-state index in [1.807, 2.05) is 0 Å². The molecule has 1 saturated heterocycles. The van der Waals surface area contributed by atoms with Crippen molar-refractivity contribution in [1.29, 1.82) is 0 Å². The van der Waals surface area contributed by atoms with Crippen molar-refractivity contribution in [3.8, 4) is 0 Å². The second-order valence-corrected chi connectivity index (χ2v) is 5.47. The van der Waals surface area contributed by atoms with Crippen molar-refractivity contribution in [2.45, 2.75) is 26.3 Å². The van der Waals surface area contributed by atoms with Crippen LogP contribution in [0.2, 0.25) is 0 Å². The Morgan fingerprint density at radius 3 is 2.61 bits per heavy atom. The van der Waals surface area contributed by atoms with E-state index in [1.54, 1.807) is 0 Å². The molecule has 2 N–H and O–H groups in total. The predicted octanol–water partition coefficient (Wildman–Crippen LogP) is 1.74. The summed E-state index contributed by atoms with van der Waals surface area (Å²) in [5.74, 6) is 1.41. The minimum Gasteiger partial charge on any atom is -0.383 e. The molecule has 5 nitrogen and oxygen atoms in total. The van der Waals surface area contributed by atoms with Crippen molar-refractivity contribution >= 4 is 27.6 Å². The van der Waals surface area contributed by atoms with Gasteiger partial charge >= 0.3 is 0 Å². The van der Waals surface area contributed by atoms with E-state index in [0.717, 1.165) is 36.5 Å². The van der Waals surface area contributed by atoms with Gasteiger partial charge in [0.05, 0.1) is 0 Å². The predicted molar refractivity (Wildman–Crippen MR) is 77.7 cm³/mol. The number of hydrogen-bond acceptors (Lipinski definition) is 5. The zero-order valence-corrected chi connectivity index (χ0v) is 12.5. The standard InChI is InChI=1S/C12H20BrN5/c1-3-9(2)17-4-6-18(7-5-17)12-10(13)11(14)15-8-16-12/h8-9H,3-7H2,1-2H3,(H2,14,15,16). The van der Waals surface area contributed by atoms with Gasteiger partial charge in [-0.1, -0.05) is 6.92 Å². The number of nitrogens with two attached hydrogens (primary N) is 1. The van der Waals surface area contributed by atoms with Crippen LogP contribution >= 0.6 is 15.9 Å². The van der Waals surface area contributed by atoms with Crippen LogP contribution < -0.4 is 10.6 Å². The van der Waals surface area contributed by atoms with Gasteiger partial charge in [0.1, 0.15) is 22.4 Å². The van der Waals surface area contributed by atoms with Crippen molar-refractivity contribution in [3.05, 3.63) is 10.8 Å². The van der Waals surface area contributed by atoms with E-state index in [4.69, 9.17) is 5.73 Å².